The van der Waals surface area contributed by atoms with Crippen molar-refractivity contribution in [1.29, 1.82) is 0 Å². The molecule has 0 saturated carbocycles. The van der Waals surface area contributed by atoms with Crippen LogP contribution in [0.3, 0.4) is 0 Å². The Labute approximate surface area is 240 Å². The number of halogens is 1. The molecule has 0 aromatic heterocycles. The third-order valence-electron chi connectivity index (χ3n) is 8.33. The Hall–Kier alpha value is -2.29. The number of nitrogens with zero attached hydrogens (tertiary/aromatic N) is 2. The summed E-state index contributed by atoms with van der Waals surface area (Å²) in [4.78, 5) is 45.7. The van der Waals surface area contributed by atoms with Crippen molar-refractivity contribution in [3.05, 3.63) is 54.6 Å². The maximum atomic E-state index is 14.6. The number of ether oxygens (including phenoxy) is 1. The molecule has 3 fully saturated rings. The van der Waals surface area contributed by atoms with E-state index in [9.17, 15) is 19.5 Å². The zero-order chi connectivity index (χ0) is 28.5. The number of amides is 2. The number of fused-ring (bicyclic) bond motifs is 1. The third-order valence-corrected chi connectivity index (χ3v) is 10.6. The molecule has 2 bridgehead atoms. The summed E-state index contributed by atoms with van der Waals surface area (Å²) in [6, 6.07) is 5.60. The maximum Gasteiger partial charge on any atom is 0.311 e. The predicted molar refractivity (Wildman–Crippen MR) is 156 cm³/mol. The lowest BCUT2D eigenvalue weighted by molar-refractivity contribution is -0.156. The van der Waals surface area contributed by atoms with Gasteiger partial charge in [-0.2, -0.15) is 0 Å². The van der Waals surface area contributed by atoms with Crippen molar-refractivity contribution in [2.24, 2.45) is 17.8 Å². The number of aliphatic hydroxyl groups excluding tert-OH is 1. The lowest BCUT2D eigenvalue weighted by Crippen LogP contribution is -2.57. The molecule has 9 heteroatoms. The Morgan fingerprint density at radius 3 is 2.54 bits per heavy atom. The molecule has 2 unspecified atom stereocenters. The molecule has 3 aliphatic heterocycles. The van der Waals surface area contributed by atoms with Gasteiger partial charge in [0.25, 0.3) is 5.91 Å². The second-order valence-electron chi connectivity index (χ2n) is 11.4. The first-order chi connectivity index (χ1) is 18.5. The highest BCUT2D eigenvalue weighted by molar-refractivity contribution is 8.02. The van der Waals surface area contributed by atoms with Gasteiger partial charge in [0, 0.05) is 22.0 Å². The Balaban J connectivity index is 1.81. The number of likely N-dealkylation sites (tertiary alicyclic amines) is 1. The Bertz CT molecular complexity index is 1130. The molecular formula is C30H39ClN2O5S. The lowest BCUT2D eigenvalue weighted by Gasteiger charge is -2.40. The van der Waals surface area contributed by atoms with Crippen LogP contribution in [0.1, 0.15) is 46.5 Å². The van der Waals surface area contributed by atoms with Crippen molar-refractivity contribution in [3.8, 4) is 0 Å². The minimum atomic E-state index is -0.848. The molecule has 39 heavy (non-hydrogen) atoms. The molecule has 1 spiro atoms. The van der Waals surface area contributed by atoms with E-state index in [2.05, 4.69) is 13.2 Å². The number of carbonyl (C=O) groups is 3. The van der Waals surface area contributed by atoms with Gasteiger partial charge in [-0.05, 0) is 62.8 Å². The number of aliphatic hydroxyl groups is 1. The summed E-state index contributed by atoms with van der Waals surface area (Å²) in [6.45, 7) is 13.8. The molecular weight excluding hydrogens is 536 g/mol. The fourth-order valence-electron chi connectivity index (χ4n) is 6.77. The topological polar surface area (TPSA) is 87.1 Å². The summed E-state index contributed by atoms with van der Waals surface area (Å²) in [6.07, 6.45) is 5.71. The SMILES string of the molecule is C=CCCOC(=O)[C@@H]1[C@H]2C(=O)N([C@@H](CO)CC(C)C)C(C(=O)N(CC=C)c3ccc(Cl)cc3)C23CC[C@@]1(C)S3. The van der Waals surface area contributed by atoms with Crippen molar-refractivity contribution < 1.29 is 24.2 Å². The number of carbonyl (C=O) groups excluding carboxylic acids is 3. The number of rotatable bonds is 12. The molecule has 2 amide bonds. The first-order valence-electron chi connectivity index (χ1n) is 13.6. The quantitative estimate of drug-likeness (QED) is 0.218. The molecule has 6 atom stereocenters. The highest BCUT2D eigenvalue weighted by Crippen LogP contribution is 2.72. The van der Waals surface area contributed by atoms with Crippen molar-refractivity contribution in [3.63, 3.8) is 0 Å². The number of esters is 1. The van der Waals surface area contributed by atoms with Crippen molar-refractivity contribution in [2.75, 3.05) is 24.7 Å². The van der Waals surface area contributed by atoms with E-state index in [4.69, 9.17) is 16.3 Å². The Morgan fingerprint density at radius 2 is 1.95 bits per heavy atom. The van der Waals surface area contributed by atoms with Gasteiger partial charge >= 0.3 is 5.97 Å². The van der Waals surface area contributed by atoms with Gasteiger partial charge in [-0.1, -0.05) is 37.6 Å². The van der Waals surface area contributed by atoms with Crippen LogP contribution in [0.4, 0.5) is 5.69 Å². The van der Waals surface area contributed by atoms with E-state index in [0.29, 0.717) is 36.4 Å². The zero-order valence-corrected chi connectivity index (χ0v) is 24.5. The van der Waals surface area contributed by atoms with E-state index in [1.807, 2.05) is 20.8 Å². The van der Waals surface area contributed by atoms with Crippen LogP contribution < -0.4 is 4.90 Å². The third kappa shape index (κ3) is 5.16. The lowest BCUT2D eigenvalue weighted by atomic mass is 9.66. The molecule has 0 aliphatic carbocycles. The largest absolute Gasteiger partial charge is 0.465 e. The second-order valence-corrected chi connectivity index (χ2v) is 13.7. The van der Waals surface area contributed by atoms with Gasteiger partial charge < -0.3 is 19.6 Å². The van der Waals surface area contributed by atoms with Crippen molar-refractivity contribution in [1.82, 2.24) is 4.90 Å². The fourth-order valence-corrected chi connectivity index (χ4v) is 9.22. The Morgan fingerprint density at radius 1 is 1.26 bits per heavy atom. The van der Waals surface area contributed by atoms with E-state index in [0.717, 1.165) is 0 Å². The van der Waals surface area contributed by atoms with Crippen LogP contribution in [0.15, 0.2) is 49.6 Å². The van der Waals surface area contributed by atoms with Gasteiger partial charge in [0.1, 0.15) is 6.04 Å². The molecule has 4 rings (SSSR count). The van der Waals surface area contributed by atoms with Crippen LogP contribution in [0, 0.1) is 17.8 Å². The second kappa shape index (κ2) is 11.7. The summed E-state index contributed by atoms with van der Waals surface area (Å²) in [5.41, 5.74) is 0.644. The minimum absolute atomic E-state index is 0.186. The minimum Gasteiger partial charge on any atom is -0.465 e. The number of hydrogen-bond donors (Lipinski definition) is 1. The van der Waals surface area contributed by atoms with Gasteiger partial charge in [-0.25, -0.2) is 0 Å². The molecule has 1 aromatic rings. The molecule has 1 N–H and O–H groups in total. The van der Waals surface area contributed by atoms with E-state index in [1.54, 1.807) is 58.0 Å². The summed E-state index contributed by atoms with van der Waals surface area (Å²) >= 11 is 7.72. The summed E-state index contributed by atoms with van der Waals surface area (Å²) < 4.78 is 4.30. The van der Waals surface area contributed by atoms with E-state index >= 15 is 0 Å². The molecule has 212 valence electrons. The number of thioether (sulfide) groups is 1. The highest BCUT2D eigenvalue weighted by Gasteiger charge is 2.78. The standard InChI is InChI=1S/C30H39ClN2O5S/c1-6-8-16-38-28(37)24-23-26(35)33(22(18-34)17-19(3)4)25(30(23)14-13-29(24,5)39-30)27(36)32(15-7-2)21-11-9-20(31)10-12-21/h6-7,9-12,19,22-25,34H,1-2,8,13-18H2,3-5H3/t22-,23+,24+,25?,29-,30?/m1/s1. The smallest absolute Gasteiger partial charge is 0.311 e. The normalized spacial score (nSPS) is 29.8. The number of anilines is 1. The number of hydrogen-bond acceptors (Lipinski definition) is 6. The zero-order valence-electron chi connectivity index (χ0n) is 23.0. The van der Waals surface area contributed by atoms with Crippen LogP contribution >= 0.6 is 23.4 Å². The first-order valence-corrected chi connectivity index (χ1v) is 14.8. The molecule has 3 saturated heterocycles. The summed E-state index contributed by atoms with van der Waals surface area (Å²) in [5, 5.41) is 11.0. The van der Waals surface area contributed by atoms with Crippen LogP contribution in [-0.2, 0) is 19.1 Å². The monoisotopic (exact) mass is 574 g/mol. The van der Waals surface area contributed by atoms with Gasteiger partial charge in [0.2, 0.25) is 5.91 Å². The van der Waals surface area contributed by atoms with E-state index in [-0.39, 0.29) is 37.5 Å². The van der Waals surface area contributed by atoms with Gasteiger partial charge in [0.05, 0.1) is 35.8 Å². The molecule has 3 aliphatic rings. The maximum absolute atomic E-state index is 14.6. The van der Waals surface area contributed by atoms with Gasteiger partial charge in [-0.15, -0.1) is 24.9 Å². The Kier molecular flexibility index (Phi) is 8.89. The molecule has 1 aromatic carbocycles. The fraction of sp³-hybridized carbons (Fsp3) is 0.567. The van der Waals surface area contributed by atoms with Gasteiger partial charge in [0.15, 0.2) is 0 Å². The molecule has 3 heterocycles. The van der Waals surface area contributed by atoms with Crippen molar-refractivity contribution in [2.45, 2.75) is 68.0 Å². The van der Waals surface area contributed by atoms with Crippen LogP contribution in [-0.4, -0.2) is 69.1 Å². The van der Waals surface area contributed by atoms with Gasteiger partial charge in [-0.3, -0.25) is 14.4 Å². The van der Waals surface area contributed by atoms with Crippen molar-refractivity contribution >= 4 is 46.8 Å². The van der Waals surface area contributed by atoms with Crippen LogP contribution in [0.5, 0.6) is 0 Å². The summed E-state index contributed by atoms with van der Waals surface area (Å²) in [5.74, 6) is -2.08. The average molecular weight is 575 g/mol. The van der Waals surface area contributed by atoms with E-state index in [1.165, 1.54) is 0 Å². The first kappa shape index (κ1) is 29.7. The van der Waals surface area contributed by atoms with Crippen LogP contribution in [0.2, 0.25) is 5.02 Å². The molecule has 7 nitrogen and oxygen atoms in total. The van der Waals surface area contributed by atoms with E-state index < -0.39 is 39.4 Å². The highest BCUT2D eigenvalue weighted by atomic mass is 35.5. The molecule has 0 radical (unpaired) electrons. The summed E-state index contributed by atoms with van der Waals surface area (Å²) in [7, 11) is 0. The van der Waals surface area contributed by atoms with Crippen LogP contribution in [0.25, 0.3) is 0 Å². The number of benzene rings is 1. The predicted octanol–water partition coefficient (Wildman–Crippen LogP) is 4.87. The average Bonchev–Trinajstić information content (AvgIpc) is 3.47.